The lowest BCUT2D eigenvalue weighted by Gasteiger charge is -2.07. The lowest BCUT2D eigenvalue weighted by atomic mass is 10.1. The molecule has 148 valence electrons. The zero-order valence-corrected chi connectivity index (χ0v) is 16.4. The van der Waals surface area contributed by atoms with Gasteiger partial charge in [-0.05, 0) is 37.3 Å². The molecule has 2 aromatic heterocycles. The Hall–Kier alpha value is -3.13. The number of aryl methyl sites for hydroxylation is 1. The molecule has 2 heterocycles. The van der Waals surface area contributed by atoms with E-state index in [9.17, 15) is 13.2 Å². The van der Waals surface area contributed by atoms with Crippen molar-refractivity contribution in [2.45, 2.75) is 13.1 Å². The predicted molar refractivity (Wildman–Crippen MR) is 106 cm³/mol. The van der Waals surface area contributed by atoms with E-state index in [1.807, 2.05) is 31.2 Å². The molecule has 2 aromatic carbocycles. The van der Waals surface area contributed by atoms with Crippen molar-refractivity contribution in [2.75, 3.05) is 7.11 Å². The zero-order valence-electron chi connectivity index (χ0n) is 15.6. The van der Waals surface area contributed by atoms with Gasteiger partial charge in [-0.25, -0.2) is 9.67 Å². The van der Waals surface area contributed by atoms with Gasteiger partial charge in [0.2, 0.25) is 5.13 Å². The lowest BCUT2D eigenvalue weighted by Crippen LogP contribution is -2.13. The monoisotopic (exact) mass is 415 g/mol. The van der Waals surface area contributed by atoms with E-state index in [1.54, 1.807) is 36.8 Å². The van der Waals surface area contributed by atoms with Crippen molar-refractivity contribution in [3.63, 3.8) is 0 Å². The van der Waals surface area contributed by atoms with Crippen molar-refractivity contribution in [2.24, 2.45) is 0 Å². The first-order valence-corrected chi connectivity index (χ1v) is 9.58. The molecule has 0 radical (unpaired) electrons. The van der Waals surface area contributed by atoms with E-state index in [1.165, 1.54) is 0 Å². The fourth-order valence-electron chi connectivity index (χ4n) is 2.85. The van der Waals surface area contributed by atoms with Crippen LogP contribution in [0.1, 0.15) is 11.3 Å². The molecule has 0 unspecified atom stereocenters. The molecule has 0 spiro atoms. The van der Waals surface area contributed by atoms with E-state index >= 15 is 0 Å². The molecule has 29 heavy (non-hydrogen) atoms. The van der Waals surface area contributed by atoms with Crippen molar-refractivity contribution >= 4 is 11.3 Å². The van der Waals surface area contributed by atoms with Gasteiger partial charge >= 0.3 is 6.18 Å². The molecule has 0 aliphatic carbocycles. The van der Waals surface area contributed by atoms with Crippen LogP contribution in [0.15, 0.2) is 60.0 Å². The van der Waals surface area contributed by atoms with Gasteiger partial charge in [-0.1, -0.05) is 29.8 Å². The van der Waals surface area contributed by atoms with Crippen LogP contribution in [0.2, 0.25) is 0 Å². The van der Waals surface area contributed by atoms with Crippen molar-refractivity contribution in [3.05, 3.63) is 71.2 Å². The van der Waals surface area contributed by atoms with Crippen LogP contribution < -0.4 is 4.74 Å². The Bertz CT molecular complexity index is 1130. The van der Waals surface area contributed by atoms with Crippen LogP contribution in [0.5, 0.6) is 5.75 Å². The molecular weight excluding hydrogens is 399 g/mol. The number of hydrogen-bond acceptors (Lipinski definition) is 4. The normalized spacial score (nSPS) is 11.6. The van der Waals surface area contributed by atoms with Crippen LogP contribution in [0, 0.1) is 6.92 Å². The SMILES string of the molecule is COc1ccc(-c2csc(-n3nc(-c4ccc(C)cc4)cc3C(F)(F)F)n2)cc1. The highest BCUT2D eigenvalue weighted by Crippen LogP contribution is 2.35. The lowest BCUT2D eigenvalue weighted by molar-refractivity contribution is -0.142. The van der Waals surface area contributed by atoms with E-state index < -0.39 is 11.9 Å². The summed E-state index contributed by atoms with van der Waals surface area (Å²) in [6.07, 6.45) is -4.55. The summed E-state index contributed by atoms with van der Waals surface area (Å²) in [5.41, 5.74) is 2.39. The van der Waals surface area contributed by atoms with Crippen molar-refractivity contribution in [3.8, 4) is 33.4 Å². The van der Waals surface area contributed by atoms with Crippen LogP contribution in [0.25, 0.3) is 27.6 Å². The molecule has 4 rings (SSSR count). The summed E-state index contributed by atoms with van der Waals surface area (Å²) in [4.78, 5) is 4.38. The number of methoxy groups -OCH3 is 1. The largest absolute Gasteiger partial charge is 0.497 e. The van der Waals surface area contributed by atoms with Gasteiger partial charge in [0, 0.05) is 16.5 Å². The predicted octanol–water partition coefficient (Wildman–Crippen LogP) is 6.00. The molecule has 4 aromatic rings. The Morgan fingerprint density at radius 1 is 0.931 bits per heavy atom. The average Bonchev–Trinajstić information content (AvgIpc) is 3.36. The summed E-state index contributed by atoms with van der Waals surface area (Å²) in [6.45, 7) is 1.92. The van der Waals surface area contributed by atoms with Gasteiger partial charge in [-0.3, -0.25) is 0 Å². The van der Waals surface area contributed by atoms with Crippen LogP contribution in [-0.4, -0.2) is 21.9 Å². The van der Waals surface area contributed by atoms with Gasteiger partial charge in [-0.2, -0.15) is 18.3 Å². The highest BCUT2D eigenvalue weighted by molar-refractivity contribution is 7.12. The maximum atomic E-state index is 13.6. The van der Waals surface area contributed by atoms with E-state index in [-0.39, 0.29) is 10.8 Å². The van der Waals surface area contributed by atoms with Crippen molar-refractivity contribution in [1.29, 1.82) is 0 Å². The number of nitrogens with zero attached hydrogens (tertiary/aromatic N) is 3. The second-order valence-corrected chi connectivity index (χ2v) is 7.27. The number of rotatable bonds is 4. The maximum Gasteiger partial charge on any atom is 0.433 e. The third-order valence-electron chi connectivity index (χ3n) is 4.41. The molecule has 0 N–H and O–H groups in total. The molecule has 0 saturated heterocycles. The highest BCUT2D eigenvalue weighted by atomic mass is 32.1. The van der Waals surface area contributed by atoms with E-state index in [2.05, 4.69) is 10.1 Å². The number of ether oxygens (including phenoxy) is 1. The van der Waals surface area contributed by atoms with Crippen LogP contribution in [0.4, 0.5) is 13.2 Å². The summed E-state index contributed by atoms with van der Waals surface area (Å²) >= 11 is 1.11. The first-order chi connectivity index (χ1) is 13.8. The van der Waals surface area contributed by atoms with Gasteiger partial charge in [0.1, 0.15) is 5.75 Å². The van der Waals surface area contributed by atoms with Crippen LogP contribution >= 0.6 is 11.3 Å². The van der Waals surface area contributed by atoms with E-state index in [4.69, 9.17) is 4.74 Å². The number of halogens is 3. The van der Waals surface area contributed by atoms with Gasteiger partial charge in [-0.15, -0.1) is 11.3 Å². The second kappa shape index (κ2) is 7.36. The average molecular weight is 415 g/mol. The Balaban J connectivity index is 1.75. The minimum absolute atomic E-state index is 0.154. The zero-order chi connectivity index (χ0) is 20.6. The molecule has 0 saturated carbocycles. The van der Waals surface area contributed by atoms with E-state index in [0.717, 1.165) is 33.2 Å². The first-order valence-electron chi connectivity index (χ1n) is 8.70. The fourth-order valence-corrected chi connectivity index (χ4v) is 3.65. The number of hydrogen-bond donors (Lipinski definition) is 0. The number of benzene rings is 2. The summed E-state index contributed by atoms with van der Waals surface area (Å²) in [5, 5.41) is 6.07. The summed E-state index contributed by atoms with van der Waals surface area (Å²) in [6, 6.07) is 15.4. The minimum atomic E-state index is -4.55. The summed E-state index contributed by atoms with van der Waals surface area (Å²) < 4.78 is 46.9. The fraction of sp³-hybridized carbons (Fsp3) is 0.143. The molecule has 0 amide bonds. The Labute approximate surface area is 169 Å². The molecule has 0 fully saturated rings. The molecule has 4 nitrogen and oxygen atoms in total. The topological polar surface area (TPSA) is 39.9 Å². The van der Waals surface area contributed by atoms with Crippen molar-refractivity contribution in [1.82, 2.24) is 14.8 Å². The van der Waals surface area contributed by atoms with E-state index in [0.29, 0.717) is 17.0 Å². The Morgan fingerprint density at radius 3 is 2.17 bits per heavy atom. The number of aromatic nitrogens is 3. The molecule has 0 bridgehead atoms. The van der Waals surface area contributed by atoms with Gasteiger partial charge in [0.05, 0.1) is 18.5 Å². The third-order valence-corrected chi connectivity index (χ3v) is 5.22. The molecule has 0 atom stereocenters. The number of alkyl halides is 3. The molecular formula is C21H16F3N3OS. The van der Waals surface area contributed by atoms with Crippen molar-refractivity contribution < 1.29 is 17.9 Å². The second-order valence-electron chi connectivity index (χ2n) is 6.43. The Morgan fingerprint density at radius 2 is 1.55 bits per heavy atom. The van der Waals surface area contributed by atoms with Gasteiger partial charge < -0.3 is 4.74 Å². The molecule has 8 heteroatoms. The molecule has 0 aliphatic rings. The highest BCUT2D eigenvalue weighted by Gasteiger charge is 2.37. The summed E-state index contributed by atoms with van der Waals surface area (Å²) in [5.74, 6) is 0.693. The first kappa shape index (κ1) is 19.2. The standard InChI is InChI=1S/C21H16F3N3OS/c1-13-3-5-14(6-4-13)17-11-19(21(22,23)24)27(26-17)20-25-18(12-29-20)15-7-9-16(28-2)10-8-15/h3-12H,1-2H3. The Kier molecular flexibility index (Phi) is 4.87. The smallest absolute Gasteiger partial charge is 0.433 e. The third kappa shape index (κ3) is 3.88. The minimum Gasteiger partial charge on any atom is -0.497 e. The molecule has 0 aliphatic heterocycles. The van der Waals surface area contributed by atoms with Crippen LogP contribution in [-0.2, 0) is 6.18 Å². The quantitative estimate of drug-likeness (QED) is 0.411. The van der Waals surface area contributed by atoms with Gasteiger partial charge in [0.15, 0.2) is 5.69 Å². The number of thiazole rings is 1. The maximum absolute atomic E-state index is 13.6. The van der Waals surface area contributed by atoms with Gasteiger partial charge in [0.25, 0.3) is 0 Å². The summed E-state index contributed by atoms with van der Waals surface area (Å²) in [7, 11) is 1.57. The van der Waals surface area contributed by atoms with Crippen LogP contribution in [0.3, 0.4) is 0 Å².